The predicted octanol–water partition coefficient (Wildman–Crippen LogP) is 1.48. The van der Waals surface area contributed by atoms with Crippen LogP contribution in [-0.2, 0) is 0 Å². The summed E-state index contributed by atoms with van der Waals surface area (Å²) < 4.78 is 0. The molecule has 96 valence electrons. The normalized spacial score (nSPS) is 9.95. The Morgan fingerprint density at radius 1 is 1.26 bits per heavy atom. The van der Waals surface area contributed by atoms with Crippen molar-refractivity contribution >= 4 is 29.3 Å². The second-order valence-corrected chi connectivity index (χ2v) is 3.77. The predicted molar refractivity (Wildman–Crippen MR) is 66.2 cm³/mol. The van der Waals surface area contributed by atoms with Crippen molar-refractivity contribution in [3.63, 3.8) is 0 Å². The van der Waals surface area contributed by atoms with Crippen LogP contribution in [0.5, 0.6) is 0 Å². The lowest BCUT2D eigenvalue weighted by molar-refractivity contribution is 0.0691. The molecule has 0 unspecified atom stereocenters. The van der Waals surface area contributed by atoms with E-state index in [0.29, 0.717) is 0 Å². The number of carbonyl (C=O) groups is 2. The van der Waals surface area contributed by atoms with Crippen molar-refractivity contribution in [2.24, 2.45) is 0 Å². The molecule has 7 nitrogen and oxygen atoms in total. The average molecular weight is 279 g/mol. The third-order valence-electron chi connectivity index (χ3n) is 2.13. The van der Waals surface area contributed by atoms with Crippen molar-refractivity contribution in [2.75, 3.05) is 5.32 Å². The van der Waals surface area contributed by atoms with E-state index in [0.717, 1.165) is 0 Å². The quantitative estimate of drug-likeness (QED) is 0.824. The molecular formula is C11H7ClN4O3. The molecule has 0 atom stereocenters. The fraction of sp³-hybridized carbons (Fsp3) is 0. The maximum atomic E-state index is 11.9. The summed E-state index contributed by atoms with van der Waals surface area (Å²) in [6.45, 7) is 0. The molecule has 0 fully saturated rings. The number of halogens is 1. The number of nitrogens with one attached hydrogen (secondary N) is 1. The number of carboxylic acids is 1. The van der Waals surface area contributed by atoms with E-state index in [9.17, 15) is 9.59 Å². The molecule has 0 aliphatic heterocycles. The summed E-state index contributed by atoms with van der Waals surface area (Å²) in [5.41, 5.74) is -0.398. The van der Waals surface area contributed by atoms with Crippen LogP contribution in [0.3, 0.4) is 0 Å². The van der Waals surface area contributed by atoms with Gasteiger partial charge >= 0.3 is 5.97 Å². The van der Waals surface area contributed by atoms with Gasteiger partial charge in [0.1, 0.15) is 23.0 Å². The molecule has 0 aliphatic carbocycles. The highest BCUT2D eigenvalue weighted by molar-refractivity contribution is 6.29. The molecule has 0 spiro atoms. The fourth-order valence-electron chi connectivity index (χ4n) is 1.34. The van der Waals surface area contributed by atoms with E-state index in [2.05, 4.69) is 20.3 Å². The van der Waals surface area contributed by atoms with Crippen molar-refractivity contribution in [3.8, 4) is 0 Å². The van der Waals surface area contributed by atoms with Gasteiger partial charge in [-0.15, -0.1) is 0 Å². The number of amides is 1. The Kier molecular flexibility index (Phi) is 3.67. The molecular weight excluding hydrogens is 272 g/mol. The number of aromatic nitrogens is 3. The summed E-state index contributed by atoms with van der Waals surface area (Å²) in [5.74, 6) is -1.77. The minimum Gasteiger partial charge on any atom is -0.478 e. The van der Waals surface area contributed by atoms with Crippen LogP contribution in [0.15, 0.2) is 30.7 Å². The topological polar surface area (TPSA) is 105 Å². The first-order valence-corrected chi connectivity index (χ1v) is 5.43. The van der Waals surface area contributed by atoms with E-state index in [4.69, 9.17) is 16.7 Å². The summed E-state index contributed by atoms with van der Waals surface area (Å²) in [6, 6.07) is 4.06. The van der Waals surface area contributed by atoms with Gasteiger partial charge in [-0.3, -0.25) is 9.78 Å². The lowest BCUT2D eigenvalue weighted by Gasteiger charge is -2.05. The molecule has 0 bridgehead atoms. The number of hydrogen-bond acceptors (Lipinski definition) is 5. The van der Waals surface area contributed by atoms with Gasteiger partial charge in [0.05, 0.1) is 5.56 Å². The van der Waals surface area contributed by atoms with E-state index in [1.165, 1.54) is 30.7 Å². The summed E-state index contributed by atoms with van der Waals surface area (Å²) in [6.07, 6.45) is 2.50. The first-order chi connectivity index (χ1) is 9.08. The van der Waals surface area contributed by atoms with Gasteiger partial charge in [-0.1, -0.05) is 11.6 Å². The van der Waals surface area contributed by atoms with Crippen molar-refractivity contribution < 1.29 is 14.7 Å². The molecule has 0 saturated heterocycles. The number of rotatable bonds is 3. The largest absolute Gasteiger partial charge is 0.478 e. The minimum atomic E-state index is -1.24. The highest BCUT2D eigenvalue weighted by Crippen LogP contribution is 2.11. The molecule has 2 aromatic rings. The van der Waals surface area contributed by atoms with Crippen LogP contribution >= 0.6 is 11.6 Å². The lowest BCUT2D eigenvalue weighted by Crippen LogP contribution is -2.18. The number of pyridine rings is 1. The minimum absolute atomic E-state index is 0.157. The molecule has 2 heterocycles. The zero-order chi connectivity index (χ0) is 13.8. The standard InChI is InChI=1S/C11H7ClN4O3/c12-7-4-8(15-5-14-7)16-10(17)9-6(11(18)19)2-1-3-13-9/h1-5H,(H,18,19)(H,14,15,16,17). The zero-order valence-corrected chi connectivity index (χ0v) is 10.1. The Hall–Kier alpha value is -2.54. The van der Waals surface area contributed by atoms with Crippen LogP contribution in [0.4, 0.5) is 5.82 Å². The average Bonchev–Trinajstić information content (AvgIpc) is 2.38. The van der Waals surface area contributed by atoms with Crippen LogP contribution < -0.4 is 5.32 Å². The van der Waals surface area contributed by atoms with Crippen LogP contribution in [0.1, 0.15) is 20.8 Å². The van der Waals surface area contributed by atoms with Crippen molar-refractivity contribution in [2.45, 2.75) is 0 Å². The van der Waals surface area contributed by atoms with Gasteiger partial charge in [-0.2, -0.15) is 0 Å². The highest BCUT2D eigenvalue weighted by Gasteiger charge is 2.18. The Balaban J connectivity index is 2.28. The van der Waals surface area contributed by atoms with Crippen LogP contribution in [-0.4, -0.2) is 31.9 Å². The second-order valence-electron chi connectivity index (χ2n) is 3.38. The third kappa shape index (κ3) is 3.02. The van der Waals surface area contributed by atoms with Crippen molar-refractivity contribution in [3.05, 3.63) is 47.1 Å². The molecule has 19 heavy (non-hydrogen) atoms. The van der Waals surface area contributed by atoms with Gasteiger partial charge in [0.25, 0.3) is 5.91 Å². The monoisotopic (exact) mass is 278 g/mol. The molecule has 0 radical (unpaired) electrons. The first kappa shape index (κ1) is 12.9. The number of hydrogen-bond donors (Lipinski definition) is 2. The molecule has 2 N–H and O–H groups in total. The van der Waals surface area contributed by atoms with E-state index >= 15 is 0 Å². The highest BCUT2D eigenvalue weighted by atomic mass is 35.5. The third-order valence-corrected chi connectivity index (χ3v) is 2.34. The summed E-state index contributed by atoms with van der Waals surface area (Å²) in [5, 5.41) is 11.5. The zero-order valence-electron chi connectivity index (χ0n) is 9.37. The van der Waals surface area contributed by atoms with Gasteiger partial charge in [0.2, 0.25) is 0 Å². The Morgan fingerprint density at radius 3 is 2.74 bits per heavy atom. The number of carboxylic acid groups (broad SMARTS) is 1. The smallest absolute Gasteiger partial charge is 0.338 e. The van der Waals surface area contributed by atoms with Gasteiger partial charge in [-0.25, -0.2) is 14.8 Å². The molecule has 1 amide bonds. The lowest BCUT2D eigenvalue weighted by atomic mass is 10.2. The SMILES string of the molecule is O=C(O)c1cccnc1C(=O)Nc1cc(Cl)ncn1. The van der Waals surface area contributed by atoms with Gasteiger partial charge in [-0.05, 0) is 12.1 Å². The molecule has 0 aromatic carbocycles. The summed E-state index contributed by atoms with van der Waals surface area (Å²) in [7, 11) is 0. The number of anilines is 1. The number of carbonyl (C=O) groups excluding carboxylic acids is 1. The molecule has 2 aromatic heterocycles. The van der Waals surface area contributed by atoms with E-state index in [1.54, 1.807) is 0 Å². The Labute approximate surface area is 112 Å². The molecule has 0 aliphatic rings. The molecule has 8 heteroatoms. The second kappa shape index (κ2) is 5.40. The summed E-state index contributed by atoms with van der Waals surface area (Å²) in [4.78, 5) is 34.1. The molecule has 0 saturated carbocycles. The maximum absolute atomic E-state index is 11.9. The van der Waals surface area contributed by atoms with E-state index in [1.807, 2.05) is 0 Å². The first-order valence-electron chi connectivity index (χ1n) is 5.05. The van der Waals surface area contributed by atoms with Crippen LogP contribution in [0.25, 0.3) is 0 Å². The van der Waals surface area contributed by atoms with Crippen molar-refractivity contribution in [1.29, 1.82) is 0 Å². The van der Waals surface area contributed by atoms with Gasteiger partial charge in [0.15, 0.2) is 0 Å². The number of aromatic carboxylic acids is 1. The van der Waals surface area contributed by atoms with E-state index in [-0.39, 0.29) is 22.2 Å². The molecule has 2 rings (SSSR count). The van der Waals surface area contributed by atoms with Gasteiger partial charge < -0.3 is 10.4 Å². The number of nitrogens with zero attached hydrogens (tertiary/aromatic N) is 3. The van der Waals surface area contributed by atoms with Gasteiger partial charge in [0, 0.05) is 12.3 Å². The summed E-state index contributed by atoms with van der Waals surface area (Å²) >= 11 is 5.64. The maximum Gasteiger partial charge on any atom is 0.338 e. The van der Waals surface area contributed by atoms with Crippen LogP contribution in [0, 0.1) is 0 Å². The fourth-order valence-corrected chi connectivity index (χ4v) is 1.48. The Morgan fingerprint density at radius 2 is 2.05 bits per heavy atom. The van der Waals surface area contributed by atoms with Crippen molar-refractivity contribution in [1.82, 2.24) is 15.0 Å². The Bertz CT molecular complexity index is 647. The van der Waals surface area contributed by atoms with E-state index < -0.39 is 11.9 Å². The van der Waals surface area contributed by atoms with Crippen LogP contribution in [0.2, 0.25) is 5.15 Å².